The summed E-state index contributed by atoms with van der Waals surface area (Å²) in [5, 5.41) is 19.1. The quantitative estimate of drug-likeness (QED) is 0.517. The number of hydrogen-bond acceptors (Lipinski definition) is 3. The Morgan fingerprint density at radius 3 is 2.67 bits per heavy atom. The van der Waals surface area contributed by atoms with Gasteiger partial charge in [0, 0.05) is 5.56 Å². The lowest BCUT2D eigenvalue weighted by atomic mass is 10.2. The summed E-state index contributed by atoms with van der Waals surface area (Å²) >= 11 is 0. The molecule has 1 N–H and O–H groups in total. The molecule has 0 amide bonds. The first-order valence-electron chi connectivity index (χ1n) is 3.16. The van der Waals surface area contributed by atoms with Crippen LogP contribution >= 0.6 is 0 Å². The maximum Gasteiger partial charge on any atom is 0.275 e. The van der Waals surface area contributed by atoms with E-state index in [2.05, 4.69) is 0 Å². The van der Waals surface area contributed by atoms with Gasteiger partial charge in [-0.05, 0) is 13.0 Å². The number of phenols is 1. The molecule has 1 rings (SSSR count). The highest BCUT2D eigenvalue weighted by Gasteiger charge is 2.14. The van der Waals surface area contributed by atoms with Crippen molar-refractivity contribution < 1.29 is 14.4 Å². The molecule has 0 spiro atoms. The molecule has 0 bridgehead atoms. The maximum atomic E-state index is 12.6. The molecule has 0 aromatic heterocycles. The number of nitro groups is 1. The van der Waals surface area contributed by atoms with Gasteiger partial charge in [0.25, 0.3) is 5.69 Å². The van der Waals surface area contributed by atoms with Gasteiger partial charge in [0.15, 0.2) is 11.6 Å². The molecule has 0 saturated heterocycles. The summed E-state index contributed by atoms with van der Waals surface area (Å²) < 4.78 is 12.6. The van der Waals surface area contributed by atoms with E-state index < -0.39 is 16.5 Å². The summed E-state index contributed by atoms with van der Waals surface area (Å²) in [7, 11) is 0. The molecule has 5 heteroatoms. The van der Waals surface area contributed by atoms with Crippen molar-refractivity contribution in [3.05, 3.63) is 33.6 Å². The minimum absolute atomic E-state index is 0.235. The van der Waals surface area contributed by atoms with Crippen LogP contribution in [0.2, 0.25) is 0 Å². The highest BCUT2D eigenvalue weighted by Crippen LogP contribution is 2.25. The van der Waals surface area contributed by atoms with E-state index in [-0.39, 0.29) is 11.3 Å². The van der Waals surface area contributed by atoms with Gasteiger partial charge in [0.1, 0.15) is 0 Å². The van der Waals surface area contributed by atoms with E-state index in [1.165, 1.54) is 6.92 Å². The number of halogens is 1. The van der Waals surface area contributed by atoms with E-state index in [1.54, 1.807) is 0 Å². The summed E-state index contributed by atoms with van der Waals surface area (Å²) in [6, 6.07) is 1.72. The Kier molecular flexibility index (Phi) is 1.95. The van der Waals surface area contributed by atoms with Gasteiger partial charge in [0.05, 0.1) is 11.0 Å². The number of nitrogens with zero attached hydrogens (tertiary/aromatic N) is 1. The Labute approximate surface area is 67.4 Å². The molecular weight excluding hydrogens is 165 g/mol. The summed E-state index contributed by atoms with van der Waals surface area (Å²) in [4.78, 5) is 9.55. The molecule has 1 aromatic rings. The van der Waals surface area contributed by atoms with Crippen molar-refractivity contribution in [3.63, 3.8) is 0 Å². The molecule has 64 valence electrons. The summed E-state index contributed by atoms with van der Waals surface area (Å²) in [6.45, 7) is 1.43. The first kappa shape index (κ1) is 8.45. The Bertz CT molecular complexity index is 338. The number of rotatable bonds is 1. The third-order valence-electron chi connectivity index (χ3n) is 1.46. The molecule has 0 radical (unpaired) electrons. The number of phenolic OH excluding ortho intramolecular Hbond substituents is 1. The van der Waals surface area contributed by atoms with Gasteiger partial charge in [0.2, 0.25) is 0 Å². The lowest BCUT2D eigenvalue weighted by Crippen LogP contribution is -1.92. The lowest BCUT2D eigenvalue weighted by molar-refractivity contribution is -0.385. The predicted octanol–water partition coefficient (Wildman–Crippen LogP) is 1.75. The third kappa shape index (κ3) is 1.34. The number of aryl methyl sites for hydroxylation is 1. The van der Waals surface area contributed by atoms with Crippen LogP contribution in [0.3, 0.4) is 0 Å². The molecule has 1 aromatic carbocycles. The van der Waals surface area contributed by atoms with Crippen LogP contribution in [-0.2, 0) is 0 Å². The molecule has 0 fully saturated rings. The zero-order valence-corrected chi connectivity index (χ0v) is 6.24. The van der Waals surface area contributed by atoms with E-state index in [4.69, 9.17) is 5.11 Å². The normalized spacial score (nSPS) is 9.83. The zero-order chi connectivity index (χ0) is 9.30. The van der Waals surface area contributed by atoms with E-state index in [0.29, 0.717) is 6.07 Å². The molecule has 0 unspecified atom stereocenters. The van der Waals surface area contributed by atoms with Gasteiger partial charge >= 0.3 is 0 Å². The molecule has 12 heavy (non-hydrogen) atoms. The standard InChI is InChI=1S/C7H6FNO3/c1-4-2-7(10)5(8)3-6(4)9(11)12/h2-3,10H,1H3. The van der Waals surface area contributed by atoms with Crippen molar-refractivity contribution in [3.8, 4) is 5.75 Å². The minimum Gasteiger partial charge on any atom is -0.505 e. The van der Waals surface area contributed by atoms with Gasteiger partial charge in [-0.25, -0.2) is 4.39 Å². The summed E-state index contributed by atoms with van der Waals surface area (Å²) in [5.74, 6) is -1.55. The molecule has 4 nitrogen and oxygen atoms in total. The van der Waals surface area contributed by atoms with E-state index in [9.17, 15) is 14.5 Å². The molecule has 0 heterocycles. The largest absolute Gasteiger partial charge is 0.505 e. The molecular formula is C7H6FNO3. The van der Waals surface area contributed by atoms with Gasteiger partial charge in [-0.15, -0.1) is 0 Å². The number of hydrogen-bond donors (Lipinski definition) is 1. The van der Waals surface area contributed by atoms with Crippen LogP contribution in [0.15, 0.2) is 12.1 Å². The Morgan fingerprint density at radius 1 is 1.58 bits per heavy atom. The molecule has 0 atom stereocenters. The molecule has 0 saturated carbocycles. The van der Waals surface area contributed by atoms with Crippen LogP contribution < -0.4 is 0 Å². The third-order valence-corrected chi connectivity index (χ3v) is 1.46. The molecule has 0 aliphatic heterocycles. The monoisotopic (exact) mass is 171 g/mol. The summed E-state index contributed by atoms with van der Waals surface area (Å²) in [5.41, 5.74) is -0.0933. The second-order valence-corrected chi connectivity index (χ2v) is 2.35. The van der Waals surface area contributed by atoms with E-state index >= 15 is 0 Å². The van der Waals surface area contributed by atoms with Crippen molar-refractivity contribution in [1.29, 1.82) is 0 Å². The highest BCUT2D eigenvalue weighted by molar-refractivity contribution is 5.44. The maximum absolute atomic E-state index is 12.6. The van der Waals surface area contributed by atoms with Crippen LogP contribution in [0.1, 0.15) is 5.56 Å². The van der Waals surface area contributed by atoms with Gasteiger partial charge in [-0.1, -0.05) is 0 Å². The fraction of sp³-hybridized carbons (Fsp3) is 0.143. The second-order valence-electron chi connectivity index (χ2n) is 2.35. The van der Waals surface area contributed by atoms with E-state index in [1.807, 2.05) is 0 Å². The molecule has 0 aliphatic carbocycles. The lowest BCUT2D eigenvalue weighted by Gasteiger charge is -1.98. The van der Waals surface area contributed by atoms with Crippen LogP contribution in [0.25, 0.3) is 0 Å². The first-order chi connectivity index (χ1) is 5.52. The predicted molar refractivity (Wildman–Crippen MR) is 39.5 cm³/mol. The number of nitro benzene ring substituents is 1. The smallest absolute Gasteiger partial charge is 0.275 e. The van der Waals surface area contributed by atoms with E-state index in [0.717, 1.165) is 6.07 Å². The van der Waals surface area contributed by atoms with Gasteiger partial charge in [-0.3, -0.25) is 10.1 Å². The van der Waals surface area contributed by atoms with Crippen LogP contribution in [-0.4, -0.2) is 10.0 Å². The van der Waals surface area contributed by atoms with Crippen molar-refractivity contribution >= 4 is 5.69 Å². The zero-order valence-electron chi connectivity index (χ0n) is 6.24. The fourth-order valence-corrected chi connectivity index (χ4v) is 0.852. The second kappa shape index (κ2) is 2.77. The van der Waals surface area contributed by atoms with Gasteiger partial charge in [-0.2, -0.15) is 0 Å². The van der Waals surface area contributed by atoms with Crippen molar-refractivity contribution in [2.45, 2.75) is 6.92 Å². The average molecular weight is 171 g/mol. The first-order valence-corrected chi connectivity index (χ1v) is 3.16. The Balaban J connectivity index is 3.33. The number of aromatic hydroxyl groups is 1. The minimum atomic E-state index is -0.979. The fourth-order valence-electron chi connectivity index (χ4n) is 0.852. The van der Waals surface area contributed by atoms with Crippen molar-refractivity contribution in [2.75, 3.05) is 0 Å². The van der Waals surface area contributed by atoms with Crippen LogP contribution in [0.5, 0.6) is 5.75 Å². The Morgan fingerprint density at radius 2 is 2.17 bits per heavy atom. The van der Waals surface area contributed by atoms with Crippen molar-refractivity contribution in [1.82, 2.24) is 0 Å². The summed E-state index contributed by atoms with van der Waals surface area (Å²) in [6.07, 6.45) is 0. The van der Waals surface area contributed by atoms with Crippen LogP contribution in [0, 0.1) is 22.9 Å². The molecule has 0 aliphatic rings. The number of benzene rings is 1. The highest BCUT2D eigenvalue weighted by atomic mass is 19.1. The van der Waals surface area contributed by atoms with Gasteiger partial charge < -0.3 is 5.11 Å². The average Bonchev–Trinajstić information content (AvgIpc) is 1.96. The Hall–Kier alpha value is -1.65. The topological polar surface area (TPSA) is 63.4 Å². The van der Waals surface area contributed by atoms with Crippen molar-refractivity contribution in [2.24, 2.45) is 0 Å². The van der Waals surface area contributed by atoms with Crippen LogP contribution in [0.4, 0.5) is 10.1 Å². The SMILES string of the molecule is Cc1cc(O)c(F)cc1[N+](=O)[O-].